The van der Waals surface area contributed by atoms with E-state index in [1.165, 1.54) is 0 Å². The largest absolute Gasteiger partial charge is 0.850 e. The third kappa shape index (κ3) is 101. The van der Waals surface area contributed by atoms with Crippen molar-refractivity contribution in [1.29, 1.82) is 0 Å². The first-order valence-corrected chi connectivity index (χ1v) is 1.70. The van der Waals surface area contributed by atoms with Gasteiger partial charge in [0.25, 0.3) is 0 Å². The van der Waals surface area contributed by atoms with Crippen molar-refractivity contribution in [1.82, 2.24) is 0 Å². The van der Waals surface area contributed by atoms with Crippen LogP contribution in [0.3, 0.4) is 0 Å². The summed E-state index contributed by atoms with van der Waals surface area (Å²) < 4.78 is 0. The minimum absolute atomic E-state index is 0. The van der Waals surface area contributed by atoms with Crippen molar-refractivity contribution in [3.63, 3.8) is 0 Å². The molecule has 1 nitrogen and oxygen atoms in total. The van der Waals surface area contributed by atoms with E-state index in [-0.39, 0.29) is 26.2 Å². The van der Waals surface area contributed by atoms with Gasteiger partial charge in [0.05, 0.1) is 0 Å². The van der Waals surface area contributed by atoms with Crippen molar-refractivity contribution in [2.75, 3.05) is 0 Å². The third-order valence-corrected chi connectivity index (χ3v) is 0. The molecule has 0 spiro atoms. The van der Waals surface area contributed by atoms with Crippen LogP contribution in [0.2, 0.25) is 0 Å². The van der Waals surface area contributed by atoms with Crippen LogP contribution in [0.5, 0.6) is 0 Å². The van der Waals surface area contributed by atoms with Gasteiger partial charge in [0.1, 0.15) is 0 Å². The van der Waals surface area contributed by atoms with Gasteiger partial charge in [-0.3, -0.25) is 0 Å². The molecule has 0 amide bonds. The van der Waals surface area contributed by atoms with Gasteiger partial charge in [-0.2, -0.15) is 0 Å². The molecule has 0 rings (SSSR count). The molecule has 0 saturated heterocycles. The van der Waals surface area contributed by atoms with Crippen molar-refractivity contribution in [3.05, 3.63) is 0 Å². The quantitative estimate of drug-likeness (QED) is 0.499. The van der Waals surface area contributed by atoms with E-state index < -0.39 is 5.60 Å². The van der Waals surface area contributed by atoms with Crippen LogP contribution in [0, 0.1) is 0 Å². The molecule has 0 aromatic carbocycles. The van der Waals surface area contributed by atoms with Gasteiger partial charge in [-0.1, -0.05) is 20.8 Å². The van der Waals surface area contributed by atoms with Crippen LogP contribution in [0.1, 0.15) is 20.8 Å². The van der Waals surface area contributed by atoms with E-state index in [4.69, 9.17) is 0 Å². The molecule has 36 valence electrons. The predicted octanol–water partition coefficient (Wildman–Crippen LogP) is 0.143. The molecule has 0 atom stereocenters. The number of rotatable bonds is 0. The Labute approximate surface area is 57.9 Å². The molecule has 0 bridgehead atoms. The van der Waals surface area contributed by atoms with Crippen molar-refractivity contribution in [3.8, 4) is 0 Å². The second-order valence-corrected chi connectivity index (χ2v) is 2.11. The van der Waals surface area contributed by atoms with E-state index in [9.17, 15) is 5.11 Å². The van der Waals surface area contributed by atoms with Crippen molar-refractivity contribution in [2.45, 2.75) is 26.4 Å². The smallest absolute Gasteiger partial charge is 0 e. The Morgan fingerprint density at radius 1 is 1.17 bits per heavy atom. The van der Waals surface area contributed by atoms with Crippen molar-refractivity contribution in [2.24, 2.45) is 0 Å². The van der Waals surface area contributed by atoms with Gasteiger partial charge in [-0.15, -0.1) is 5.60 Å². The van der Waals surface area contributed by atoms with Crippen LogP contribution in [-0.2, 0) is 26.2 Å². The van der Waals surface area contributed by atoms with Gasteiger partial charge in [0.2, 0.25) is 0 Å². The summed E-state index contributed by atoms with van der Waals surface area (Å²) in [6.07, 6.45) is 0. The summed E-state index contributed by atoms with van der Waals surface area (Å²) in [5.41, 5.74) is -0.750. The Balaban J connectivity index is 0. The molecule has 2 heteroatoms. The summed E-state index contributed by atoms with van der Waals surface area (Å²) in [5, 5.41) is 10.1. The molecule has 0 aliphatic rings. The average molecular weight is 164 g/mol. The predicted molar refractivity (Wildman–Crippen MR) is 19.8 cm³/mol. The van der Waals surface area contributed by atoms with Crippen molar-refractivity contribution >= 4 is 0 Å². The summed E-state index contributed by atoms with van der Waals surface area (Å²) in [5.74, 6) is 0. The van der Waals surface area contributed by atoms with Gasteiger partial charge >= 0.3 is 0 Å². The van der Waals surface area contributed by atoms with Crippen LogP contribution >= 0.6 is 0 Å². The fourth-order valence-electron chi connectivity index (χ4n) is 0. The zero-order chi connectivity index (χ0) is 4.50. The summed E-state index contributed by atoms with van der Waals surface area (Å²) in [4.78, 5) is 0. The topological polar surface area (TPSA) is 23.1 Å². The first kappa shape index (κ1) is 9.96. The molecule has 0 aromatic heterocycles. The molecule has 0 N–H and O–H groups in total. The minimum atomic E-state index is -0.750. The second-order valence-electron chi connectivity index (χ2n) is 2.11. The van der Waals surface area contributed by atoms with Gasteiger partial charge in [-0.05, 0) is 0 Å². The maximum absolute atomic E-state index is 10.1. The van der Waals surface area contributed by atoms with Gasteiger partial charge in [-0.25, -0.2) is 0 Å². The standard InChI is InChI=1S/C4H9O.Zr/c1-4(2,3)5;/h1-3H3;/q-1;. The maximum atomic E-state index is 10.1. The molecular formula is C4H9OZr-. The molecule has 0 heterocycles. The summed E-state index contributed by atoms with van der Waals surface area (Å²) in [6, 6.07) is 0. The van der Waals surface area contributed by atoms with E-state index in [1.54, 1.807) is 20.8 Å². The van der Waals surface area contributed by atoms with Crippen LogP contribution in [0.15, 0.2) is 0 Å². The summed E-state index contributed by atoms with van der Waals surface area (Å²) >= 11 is 0. The molecule has 0 aliphatic heterocycles. The Morgan fingerprint density at radius 2 is 1.17 bits per heavy atom. The molecule has 0 radical (unpaired) electrons. The number of hydrogen-bond acceptors (Lipinski definition) is 1. The first-order valence-electron chi connectivity index (χ1n) is 1.70. The third-order valence-electron chi connectivity index (χ3n) is 0. The summed E-state index contributed by atoms with van der Waals surface area (Å²) in [7, 11) is 0. The van der Waals surface area contributed by atoms with E-state index in [2.05, 4.69) is 0 Å². The van der Waals surface area contributed by atoms with Crippen LogP contribution < -0.4 is 5.11 Å². The molecule has 6 heavy (non-hydrogen) atoms. The second kappa shape index (κ2) is 2.93. The van der Waals surface area contributed by atoms with E-state index >= 15 is 0 Å². The molecule has 0 aliphatic carbocycles. The van der Waals surface area contributed by atoms with Crippen molar-refractivity contribution < 1.29 is 31.3 Å². The van der Waals surface area contributed by atoms with Crippen LogP contribution in [0.25, 0.3) is 0 Å². The first-order chi connectivity index (χ1) is 2.00. The van der Waals surface area contributed by atoms with Gasteiger partial charge < -0.3 is 5.11 Å². The SMILES string of the molecule is CC(C)(C)[O-].[Zr]. The Hall–Kier alpha value is 0.843. The normalized spacial score (nSPS) is 10.0. The minimum Gasteiger partial charge on any atom is -0.850 e. The van der Waals surface area contributed by atoms with E-state index in [0.29, 0.717) is 0 Å². The van der Waals surface area contributed by atoms with Gasteiger partial charge in [0.15, 0.2) is 0 Å². The zero-order valence-corrected chi connectivity index (χ0v) is 6.87. The Bertz CT molecular complexity index is 23.0. The number of hydrogen-bond donors (Lipinski definition) is 0. The van der Waals surface area contributed by atoms with E-state index in [1.807, 2.05) is 0 Å². The Morgan fingerprint density at radius 3 is 1.17 bits per heavy atom. The Kier molecular flexibility index (Phi) is 4.86. The molecule has 0 saturated carbocycles. The zero-order valence-electron chi connectivity index (χ0n) is 4.41. The molecular weight excluding hydrogens is 155 g/mol. The van der Waals surface area contributed by atoms with Crippen LogP contribution in [0.4, 0.5) is 0 Å². The van der Waals surface area contributed by atoms with E-state index in [0.717, 1.165) is 0 Å². The molecule has 0 fully saturated rings. The summed E-state index contributed by atoms with van der Waals surface area (Å²) in [6.45, 7) is 4.90. The average Bonchev–Trinajstić information content (AvgIpc) is 0.722. The van der Waals surface area contributed by atoms with Gasteiger partial charge in [0, 0.05) is 26.2 Å². The van der Waals surface area contributed by atoms with Crippen LogP contribution in [-0.4, -0.2) is 5.60 Å². The maximum Gasteiger partial charge on any atom is 0 e. The monoisotopic (exact) mass is 163 g/mol. The fraction of sp³-hybridized carbons (Fsp3) is 1.00. The molecule has 0 aromatic rings. The fourth-order valence-corrected chi connectivity index (χ4v) is 0. The molecule has 0 unspecified atom stereocenters.